The number of pyridine rings is 1. The number of nitrogens with zero attached hydrogens (tertiary/aromatic N) is 1. The van der Waals surface area contributed by atoms with E-state index < -0.39 is 0 Å². The Morgan fingerprint density at radius 2 is 1.85 bits per heavy atom. The number of aromatic nitrogens is 1. The highest BCUT2D eigenvalue weighted by molar-refractivity contribution is 5.98. The van der Waals surface area contributed by atoms with Crippen LogP contribution >= 0.6 is 0 Å². The molecule has 1 aromatic carbocycles. The topological polar surface area (TPSA) is 46.0 Å². The van der Waals surface area contributed by atoms with Crippen molar-refractivity contribution in [1.82, 2.24) is 4.98 Å². The van der Waals surface area contributed by atoms with Gasteiger partial charge >= 0.3 is 0 Å². The van der Waals surface area contributed by atoms with Gasteiger partial charge in [0.1, 0.15) is 0 Å². The number of hydrogen-bond donors (Lipinski definition) is 1. The molecule has 0 atom stereocenters. The van der Waals surface area contributed by atoms with Crippen molar-refractivity contribution in [2.24, 2.45) is 0 Å². The summed E-state index contributed by atoms with van der Waals surface area (Å²) in [5.74, 6) is 0. The first-order valence-corrected chi connectivity index (χ1v) is 6.53. The number of ether oxygens (including phenoxy) is 1. The van der Waals surface area contributed by atoms with E-state index in [0.717, 1.165) is 11.3 Å². The molecular formula is C17H18N2O. The van der Waals surface area contributed by atoms with Gasteiger partial charge in [0.15, 0.2) is 0 Å². The van der Waals surface area contributed by atoms with Crippen molar-refractivity contribution in [2.75, 3.05) is 6.61 Å². The molecule has 1 heterocycles. The lowest BCUT2D eigenvalue weighted by atomic mass is 10.1. The maximum absolute atomic E-state index is 8.00. The second-order valence-corrected chi connectivity index (χ2v) is 4.56. The molecule has 0 aliphatic rings. The third-order valence-electron chi connectivity index (χ3n) is 2.90. The highest BCUT2D eigenvalue weighted by Gasteiger charge is 2.05. The van der Waals surface area contributed by atoms with E-state index in [2.05, 4.69) is 11.6 Å². The standard InChI is InChI=1S/C17H18N2O/c1-14(12-20-13-15-7-3-2-4-8-15)17(18)11-16-9-5-6-10-19-16/h2-10,18H,1,11-13H2. The van der Waals surface area contributed by atoms with E-state index in [1.807, 2.05) is 48.5 Å². The van der Waals surface area contributed by atoms with E-state index >= 15 is 0 Å². The van der Waals surface area contributed by atoms with E-state index in [1.54, 1.807) is 6.20 Å². The molecule has 3 heteroatoms. The van der Waals surface area contributed by atoms with Crippen LogP contribution in [0.15, 0.2) is 66.9 Å². The zero-order valence-electron chi connectivity index (χ0n) is 11.4. The van der Waals surface area contributed by atoms with E-state index in [4.69, 9.17) is 10.1 Å². The molecule has 1 aromatic heterocycles. The third kappa shape index (κ3) is 4.44. The van der Waals surface area contributed by atoms with Crippen molar-refractivity contribution in [3.05, 3.63) is 78.1 Å². The number of rotatable bonds is 7. The summed E-state index contributed by atoms with van der Waals surface area (Å²) in [6, 6.07) is 15.7. The average molecular weight is 266 g/mol. The zero-order chi connectivity index (χ0) is 14.2. The van der Waals surface area contributed by atoms with Crippen molar-refractivity contribution in [1.29, 1.82) is 5.41 Å². The summed E-state index contributed by atoms with van der Waals surface area (Å²) in [7, 11) is 0. The van der Waals surface area contributed by atoms with Crippen LogP contribution in [0.1, 0.15) is 11.3 Å². The van der Waals surface area contributed by atoms with Crippen LogP contribution in [0.3, 0.4) is 0 Å². The van der Waals surface area contributed by atoms with Crippen LogP contribution in [0.2, 0.25) is 0 Å². The fraction of sp³-hybridized carbons (Fsp3) is 0.176. The Labute approximate surface area is 119 Å². The molecule has 0 spiro atoms. The van der Waals surface area contributed by atoms with Gasteiger partial charge in [0.25, 0.3) is 0 Å². The zero-order valence-corrected chi connectivity index (χ0v) is 11.4. The molecule has 0 unspecified atom stereocenters. The Morgan fingerprint density at radius 3 is 2.55 bits per heavy atom. The lowest BCUT2D eigenvalue weighted by Gasteiger charge is -2.08. The van der Waals surface area contributed by atoms with Gasteiger partial charge in [0, 0.05) is 24.0 Å². The van der Waals surface area contributed by atoms with Crippen molar-refractivity contribution in [3.8, 4) is 0 Å². The molecule has 0 saturated heterocycles. The van der Waals surface area contributed by atoms with Crippen molar-refractivity contribution in [2.45, 2.75) is 13.0 Å². The van der Waals surface area contributed by atoms with Crippen LogP contribution in [-0.4, -0.2) is 17.3 Å². The van der Waals surface area contributed by atoms with Gasteiger partial charge in [-0.3, -0.25) is 4.98 Å². The first-order chi connectivity index (χ1) is 9.75. The smallest absolute Gasteiger partial charge is 0.0733 e. The molecule has 0 aliphatic heterocycles. The van der Waals surface area contributed by atoms with Gasteiger partial charge in [-0.05, 0) is 23.3 Å². The molecule has 3 nitrogen and oxygen atoms in total. The highest BCUT2D eigenvalue weighted by atomic mass is 16.5. The van der Waals surface area contributed by atoms with Gasteiger partial charge in [-0.15, -0.1) is 0 Å². The van der Waals surface area contributed by atoms with Crippen molar-refractivity contribution < 1.29 is 4.74 Å². The summed E-state index contributed by atoms with van der Waals surface area (Å²) < 4.78 is 5.58. The van der Waals surface area contributed by atoms with Gasteiger partial charge in [-0.2, -0.15) is 0 Å². The molecule has 0 amide bonds. The van der Waals surface area contributed by atoms with Gasteiger partial charge in [-0.1, -0.05) is 43.0 Å². The van der Waals surface area contributed by atoms with Gasteiger partial charge in [0.2, 0.25) is 0 Å². The summed E-state index contributed by atoms with van der Waals surface area (Å²) in [5.41, 5.74) is 3.17. The minimum absolute atomic E-state index is 0.376. The fourth-order valence-electron chi connectivity index (χ4n) is 1.76. The number of nitrogens with one attached hydrogen (secondary N) is 1. The summed E-state index contributed by atoms with van der Waals surface area (Å²) in [4.78, 5) is 4.21. The van der Waals surface area contributed by atoms with Crippen LogP contribution in [0.4, 0.5) is 0 Å². The predicted molar refractivity (Wildman–Crippen MR) is 80.9 cm³/mol. The van der Waals surface area contributed by atoms with Crippen LogP contribution in [-0.2, 0) is 17.8 Å². The number of benzene rings is 1. The second-order valence-electron chi connectivity index (χ2n) is 4.56. The second kappa shape index (κ2) is 7.36. The Morgan fingerprint density at radius 1 is 1.10 bits per heavy atom. The SMILES string of the molecule is C=C(COCc1ccccc1)C(=N)Cc1ccccn1. The Hall–Kier alpha value is -2.26. The first-order valence-electron chi connectivity index (χ1n) is 6.53. The molecule has 102 valence electrons. The van der Waals surface area contributed by atoms with E-state index in [0.29, 0.717) is 30.9 Å². The normalized spacial score (nSPS) is 10.2. The van der Waals surface area contributed by atoms with E-state index in [9.17, 15) is 0 Å². The fourth-order valence-corrected chi connectivity index (χ4v) is 1.76. The summed E-state index contributed by atoms with van der Waals surface area (Å²) >= 11 is 0. The molecule has 20 heavy (non-hydrogen) atoms. The first kappa shape index (κ1) is 14.2. The summed E-state index contributed by atoms with van der Waals surface area (Å²) in [5, 5.41) is 8.00. The lowest BCUT2D eigenvalue weighted by Crippen LogP contribution is -2.11. The van der Waals surface area contributed by atoms with E-state index in [-0.39, 0.29) is 0 Å². The molecule has 0 saturated carbocycles. The molecule has 0 fully saturated rings. The number of hydrogen-bond acceptors (Lipinski definition) is 3. The minimum Gasteiger partial charge on any atom is -0.372 e. The molecule has 2 aromatic rings. The average Bonchev–Trinajstić information content (AvgIpc) is 2.49. The maximum Gasteiger partial charge on any atom is 0.0733 e. The Balaban J connectivity index is 1.76. The highest BCUT2D eigenvalue weighted by Crippen LogP contribution is 2.05. The van der Waals surface area contributed by atoms with Gasteiger partial charge < -0.3 is 10.1 Å². The predicted octanol–water partition coefficient (Wildman–Crippen LogP) is 3.42. The molecule has 0 bridgehead atoms. The van der Waals surface area contributed by atoms with Gasteiger partial charge in [0.05, 0.1) is 13.2 Å². The molecule has 1 N–H and O–H groups in total. The van der Waals surface area contributed by atoms with Crippen LogP contribution in [0.5, 0.6) is 0 Å². The van der Waals surface area contributed by atoms with E-state index in [1.165, 1.54) is 0 Å². The van der Waals surface area contributed by atoms with Crippen molar-refractivity contribution in [3.63, 3.8) is 0 Å². The molecule has 2 rings (SSSR count). The molecular weight excluding hydrogens is 248 g/mol. The van der Waals surface area contributed by atoms with Crippen LogP contribution in [0.25, 0.3) is 0 Å². The maximum atomic E-state index is 8.00. The quantitative estimate of drug-likeness (QED) is 0.780. The van der Waals surface area contributed by atoms with Crippen molar-refractivity contribution >= 4 is 5.71 Å². The van der Waals surface area contributed by atoms with Gasteiger partial charge in [-0.25, -0.2) is 0 Å². The Bertz CT molecular complexity index is 564. The van der Waals surface area contributed by atoms with Crippen LogP contribution in [0, 0.1) is 5.41 Å². The minimum atomic E-state index is 0.376. The Kier molecular flexibility index (Phi) is 5.21. The summed E-state index contributed by atoms with van der Waals surface area (Å²) in [6.07, 6.45) is 2.23. The molecule has 0 radical (unpaired) electrons. The van der Waals surface area contributed by atoms with Crippen LogP contribution < -0.4 is 0 Å². The largest absolute Gasteiger partial charge is 0.372 e. The summed E-state index contributed by atoms with van der Waals surface area (Å²) in [6.45, 7) is 4.82. The molecule has 0 aliphatic carbocycles. The third-order valence-corrected chi connectivity index (χ3v) is 2.90. The lowest BCUT2D eigenvalue weighted by molar-refractivity contribution is 0.145. The monoisotopic (exact) mass is 266 g/mol.